The first-order valence-corrected chi connectivity index (χ1v) is 6.05. The van der Waals surface area contributed by atoms with Gasteiger partial charge < -0.3 is 10.0 Å². The van der Waals surface area contributed by atoms with Crippen molar-refractivity contribution < 1.29 is 9.90 Å². The summed E-state index contributed by atoms with van der Waals surface area (Å²) in [6.07, 6.45) is 3.13. The average Bonchev–Trinajstić information content (AvgIpc) is 2.46. The number of nitrogens with zero attached hydrogens (tertiary/aromatic N) is 3. The first-order chi connectivity index (χ1) is 9.20. The molecule has 0 spiro atoms. The van der Waals surface area contributed by atoms with Crippen LogP contribution in [0.2, 0.25) is 0 Å². The second kappa shape index (κ2) is 5.95. The minimum Gasteiger partial charge on any atom is -0.478 e. The number of carbonyl (C=O) groups is 1. The Morgan fingerprint density at radius 3 is 2.63 bits per heavy atom. The number of anilines is 1. The van der Waals surface area contributed by atoms with Gasteiger partial charge in [0, 0.05) is 18.9 Å². The number of aromatic carboxylic acids is 1. The maximum atomic E-state index is 10.8. The van der Waals surface area contributed by atoms with E-state index in [4.69, 9.17) is 5.11 Å². The fourth-order valence-electron chi connectivity index (χ4n) is 1.74. The second-order valence-corrected chi connectivity index (χ2v) is 4.05. The third kappa shape index (κ3) is 3.28. The maximum absolute atomic E-state index is 10.8. The molecule has 0 aliphatic rings. The van der Waals surface area contributed by atoms with E-state index in [2.05, 4.69) is 9.97 Å². The lowest BCUT2D eigenvalue weighted by molar-refractivity contribution is 0.0696. The Morgan fingerprint density at radius 2 is 2.11 bits per heavy atom. The van der Waals surface area contributed by atoms with E-state index in [0.717, 1.165) is 18.1 Å². The third-order valence-electron chi connectivity index (χ3n) is 2.78. The molecular formula is C14H15N3O2. The monoisotopic (exact) mass is 257 g/mol. The molecule has 0 atom stereocenters. The smallest absolute Gasteiger partial charge is 0.337 e. The van der Waals surface area contributed by atoms with Gasteiger partial charge in [0.25, 0.3) is 0 Å². The summed E-state index contributed by atoms with van der Waals surface area (Å²) in [5.74, 6) is -0.218. The number of aromatic nitrogens is 2. The van der Waals surface area contributed by atoms with Crippen molar-refractivity contribution in [1.82, 2.24) is 9.97 Å². The van der Waals surface area contributed by atoms with Crippen LogP contribution in [0, 0.1) is 0 Å². The van der Waals surface area contributed by atoms with Crippen molar-refractivity contribution in [2.75, 3.05) is 11.4 Å². The molecule has 2 heterocycles. The first kappa shape index (κ1) is 13.0. The highest BCUT2D eigenvalue weighted by molar-refractivity contribution is 5.87. The number of carboxylic acids is 1. The lowest BCUT2D eigenvalue weighted by Crippen LogP contribution is -2.23. The van der Waals surface area contributed by atoms with Crippen LogP contribution in [0.25, 0.3) is 0 Å². The molecule has 0 aliphatic carbocycles. The van der Waals surface area contributed by atoms with Gasteiger partial charge in [-0.25, -0.2) is 9.78 Å². The molecule has 2 aromatic rings. The minimum atomic E-state index is -0.966. The first-order valence-electron chi connectivity index (χ1n) is 6.05. The van der Waals surface area contributed by atoms with Crippen LogP contribution in [0.15, 0.2) is 42.7 Å². The molecule has 0 radical (unpaired) electrons. The number of hydrogen-bond donors (Lipinski definition) is 1. The fourth-order valence-corrected chi connectivity index (χ4v) is 1.74. The highest BCUT2D eigenvalue weighted by atomic mass is 16.4. The standard InChI is InChI=1S/C14H15N3O2/c1-2-17(10-12-5-3-4-8-15-12)13-7-6-11(9-16-13)14(18)19/h3-9H,2,10H2,1H3,(H,18,19). The van der Waals surface area contributed by atoms with E-state index in [0.29, 0.717) is 6.54 Å². The zero-order valence-electron chi connectivity index (χ0n) is 10.7. The maximum Gasteiger partial charge on any atom is 0.337 e. The molecule has 19 heavy (non-hydrogen) atoms. The zero-order chi connectivity index (χ0) is 13.7. The topological polar surface area (TPSA) is 66.3 Å². The van der Waals surface area contributed by atoms with E-state index in [1.54, 1.807) is 18.3 Å². The molecule has 0 aliphatic heterocycles. The van der Waals surface area contributed by atoms with Crippen LogP contribution < -0.4 is 4.90 Å². The Hall–Kier alpha value is -2.43. The molecule has 0 bridgehead atoms. The molecule has 5 heteroatoms. The number of rotatable bonds is 5. The van der Waals surface area contributed by atoms with Crippen LogP contribution in [0.4, 0.5) is 5.82 Å². The Morgan fingerprint density at radius 1 is 1.26 bits per heavy atom. The van der Waals surface area contributed by atoms with E-state index in [9.17, 15) is 4.79 Å². The number of carboxylic acid groups (broad SMARTS) is 1. The quantitative estimate of drug-likeness (QED) is 0.889. The van der Waals surface area contributed by atoms with Gasteiger partial charge in [0.05, 0.1) is 17.8 Å². The lowest BCUT2D eigenvalue weighted by atomic mass is 10.2. The van der Waals surface area contributed by atoms with Crippen LogP contribution >= 0.6 is 0 Å². The summed E-state index contributed by atoms with van der Waals surface area (Å²) in [7, 11) is 0. The molecule has 0 saturated carbocycles. The Labute approximate surface area is 111 Å². The summed E-state index contributed by atoms with van der Waals surface area (Å²) < 4.78 is 0. The molecule has 1 N–H and O–H groups in total. The van der Waals surface area contributed by atoms with E-state index in [1.807, 2.05) is 30.0 Å². The largest absolute Gasteiger partial charge is 0.478 e. The Kier molecular flexibility index (Phi) is 4.07. The fraction of sp³-hybridized carbons (Fsp3) is 0.214. The molecule has 0 unspecified atom stereocenters. The van der Waals surface area contributed by atoms with Gasteiger partial charge in [-0.05, 0) is 31.2 Å². The lowest BCUT2D eigenvalue weighted by Gasteiger charge is -2.21. The summed E-state index contributed by atoms with van der Waals surface area (Å²) in [5.41, 5.74) is 1.14. The normalized spacial score (nSPS) is 10.2. The molecule has 0 amide bonds. The second-order valence-electron chi connectivity index (χ2n) is 4.05. The van der Waals surface area contributed by atoms with Gasteiger partial charge in [0.2, 0.25) is 0 Å². The molecule has 5 nitrogen and oxygen atoms in total. The number of pyridine rings is 2. The molecule has 2 aromatic heterocycles. The summed E-state index contributed by atoms with van der Waals surface area (Å²) in [6, 6.07) is 9.05. The van der Waals surface area contributed by atoms with E-state index >= 15 is 0 Å². The highest BCUT2D eigenvalue weighted by Crippen LogP contribution is 2.13. The average molecular weight is 257 g/mol. The Bertz CT molecular complexity index is 540. The van der Waals surface area contributed by atoms with Crippen molar-refractivity contribution in [1.29, 1.82) is 0 Å². The predicted molar refractivity (Wildman–Crippen MR) is 72.2 cm³/mol. The van der Waals surface area contributed by atoms with Gasteiger partial charge in [-0.3, -0.25) is 4.98 Å². The molecule has 0 fully saturated rings. The van der Waals surface area contributed by atoms with Gasteiger partial charge in [-0.15, -0.1) is 0 Å². The summed E-state index contributed by atoms with van der Waals surface area (Å²) in [5, 5.41) is 8.84. The number of hydrogen-bond acceptors (Lipinski definition) is 4. The molecule has 0 aromatic carbocycles. The molecule has 98 valence electrons. The predicted octanol–water partition coefficient (Wildman–Crippen LogP) is 2.20. The Balaban J connectivity index is 2.15. The van der Waals surface area contributed by atoms with Gasteiger partial charge in [0.15, 0.2) is 0 Å². The van der Waals surface area contributed by atoms with Crippen molar-refractivity contribution in [2.45, 2.75) is 13.5 Å². The van der Waals surface area contributed by atoms with Crippen LogP contribution in [-0.4, -0.2) is 27.6 Å². The van der Waals surface area contributed by atoms with Crippen LogP contribution in [0.1, 0.15) is 23.0 Å². The van der Waals surface area contributed by atoms with Crippen LogP contribution in [0.3, 0.4) is 0 Å². The van der Waals surface area contributed by atoms with Crippen molar-refractivity contribution in [3.8, 4) is 0 Å². The van der Waals surface area contributed by atoms with Gasteiger partial charge >= 0.3 is 5.97 Å². The zero-order valence-corrected chi connectivity index (χ0v) is 10.7. The molecule has 2 rings (SSSR count). The van der Waals surface area contributed by atoms with Crippen molar-refractivity contribution in [3.63, 3.8) is 0 Å². The van der Waals surface area contributed by atoms with Gasteiger partial charge in [-0.1, -0.05) is 6.07 Å². The third-order valence-corrected chi connectivity index (χ3v) is 2.78. The molecular weight excluding hydrogens is 242 g/mol. The van der Waals surface area contributed by atoms with Gasteiger partial charge in [-0.2, -0.15) is 0 Å². The minimum absolute atomic E-state index is 0.192. The van der Waals surface area contributed by atoms with Crippen molar-refractivity contribution in [3.05, 3.63) is 54.0 Å². The van der Waals surface area contributed by atoms with Crippen molar-refractivity contribution in [2.24, 2.45) is 0 Å². The van der Waals surface area contributed by atoms with Gasteiger partial charge in [0.1, 0.15) is 5.82 Å². The van der Waals surface area contributed by atoms with E-state index < -0.39 is 5.97 Å². The van der Waals surface area contributed by atoms with Crippen LogP contribution in [-0.2, 0) is 6.54 Å². The van der Waals surface area contributed by atoms with E-state index in [1.165, 1.54) is 6.20 Å². The van der Waals surface area contributed by atoms with Crippen molar-refractivity contribution >= 4 is 11.8 Å². The summed E-state index contributed by atoms with van der Waals surface area (Å²) in [6.45, 7) is 3.45. The summed E-state index contributed by atoms with van der Waals surface area (Å²) >= 11 is 0. The van der Waals surface area contributed by atoms with Crippen LogP contribution in [0.5, 0.6) is 0 Å². The summed E-state index contributed by atoms with van der Waals surface area (Å²) in [4.78, 5) is 21.3. The molecule has 0 saturated heterocycles. The highest BCUT2D eigenvalue weighted by Gasteiger charge is 2.09. The SMILES string of the molecule is CCN(Cc1ccccn1)c1ccc(C(=O)O)cn1. The van der Waals surface area contributed by atoms with E-state index in [-0.39, 0.29) is 5.56 Å².